The molecular formula is C13H12O5. The van der Waals surface area contributed by atoms with Crippen LogP contribution in [-0.4, -0.2) is 25.7 Å². The normalized spacial score (nSPS) is 20.5. The van der Waals surface area contributed by atoms with Crippen LogP contribution in [0.15, 0.2) is 12.1 Å². The molecule has 1 aromatic carbocycles. The first-order chi connectivity index (χ1) is 8.72. The highest BCUT2D eigenvalue weighted by Gasteiger charge is 2.37. The van der Waals surface area contributed by atoms with Gasteiger partial charge in [-0.2, -0.15) is 0 Å². The van der Waals surface area contributed by atoms with Crippen LogP contribution in [0, 0.1) is 0 Å². The van der Waals surface area contributed by atoms with Gasteiger partial charge in [0.25, 0.3) is 0 Å². The topological polar surface area (TPSA) is 61.8 Å². The molecule has 0 amide bonds. The fraction of sp³-hybridized carbons (Fsp3) is 0.385. The number of carbonyl (C=O) groups excluding carboxylic acids is 2. The molecule has 5 heteroatoms. The number of Topliss-reactive ketones (excluding diaryl/α,β-unsaturated/α-hetero) is 1. The summed E-state index contributed by atoms with van der Waals surface area (Å²) in [5, 5.41) is 0. The van der Waals surface area contributed by atoms with E-state index in [9.17, 15) is 9.59 Å². The van der Waals surface area contributed by atoms with Crippen molar-refractivity contribution in [3.8, 4) is 11.5 Å². The van der Waals surface area contributed by atoms with Gasteiger partial charge in [0.05, 0.1) is 7.11 Å². The lowest BCUT2D eigenvalue weighted by Gasteiger charge is -2.23. The summed E-state index contributed by atoms with van der Waals surface area (Å²) >= 11 is 0. The Morgan fingerprint density at radius 3 is 2.94 bits per heavy atom. The van der Waals surface area contributed by atoms with Crippen molar-refractivity contribution in [1.29, 1.82) is 0 Å². The zero-order valence-corrected chi connectivity index (χ0v) is 9.89. The van der Waals surface area contributed by atoms with Crippen LogP contribution in [0.25, 0.3) is 0 Å². The Hall–Kier alpha value is -2.04. The van der Waals surface area contributed by atoms with E-state index < -0.39 is 11.9 Å². The third kappa shape index (κ3) is 1.47. The van der Waals surface area contributed by atoms with E-state index in [1.807, 2.05) is 0 Å². The predicted octanol–water partition coefficient (Wildman–Crippen LogP) is 1.19. The number of ketones is 1. The molecule has 3 rings (SSSR count). The molecule has 0 fully saturated rings. The number of esters is 1. The van der Waals surface area contributed by atoms with Crippen molar-refractivity contribution in [2.75, 3.05) is 13.9 Å². The summed E-state index contributed by atoms with van der Waals surface area (Å²) in [7, 11) is 1.29. The van der Waals surface area contributed by atoms with Crippen molar-refractivity contribution in [1.82, 2.24) is 0 Å². The van der Waals surface area contributed by atoms with Gasteiger partial charge in [0.15, 0.2) is 17.3 Å². The molecule has 5 nitrogen and oxygen atoms in total. The second kappa shape index (κ2) is 4.01. The Kier molecular flexibility index (Phi) is 2.47. The Morgan fingerprint density at radius 2 is 2.17 bits per heavy atom. The van der Waals surface area contributed by atoms with Crippen molar-refractivity contribution >= 4 is 11.8 Å². The summed E-state index contributed by atoms with van der Waals surface area (Å²) < 4.78 is 15.4. The fourth-order valence-corrected chi connectivity index (χ4v) is 2.52. The summed E-state index contributed by atoms with van der Waals surface area (Å²) in [4.78, 5) is 23.6. The van der Waals surface area contributed by atoms with E-state index >= 15 is 0 Å². The maximum Gasteiger partial charge on any atom is 0.320 e. The molecule has 0 radical (unpaired) electrons. The van der Waals surface area contributed by atoms with Gasteiger partial charge in [0, 0.05) is 12.0 Å². The van der Waals surface area contributed by atoms with Gasteiger partial charge in [-0.05, 0) is 18.1 Å². The monoisotopic (exact) mass is 248 g/mol. The van der Waals surface area contributed by atoms with Crippen LogP contribution in [-0.2, 0) is 20.7 Å². The highest BCUT2D eigenvalue weighted by atomic mass is 16.7. The number of methoxy groups -OCH3 is 1. The highest BCUT2D eigenvalue weighted by molar-refractivity contribution is 6.06. The molecule has 1 aliphatic heterocycles. The minimum atomic E-state index is -0.826. The Labute approximate surface area is 104 Å². The third-order valence-electron chi connectivity index (χ3n) is 3.37. The molecule has 0 saturated heterocycles. The Balaban J connectivity index is 2.12. The van der Waals surface area contributed by atoms with Gasteiger partial charge in [-0.15, -0.1) is 0 Å². The van der Waals surface area contributed by atoms with Gasteiger partial charge in [-0.1, -0.05) is 6.07 Å². The van der Waals surface area contributed by atoms with Crippen LogP contribution < -0.4 is 9.47 Å². The number of ether oxygens (including phenoxy) is 3. The maximum atomic E-state index is 11.9. The average Bonchev–Trinajstić information content (AvgIpc) is 2.86. The maximum absolute atomic E-state index is 11.9. The molecule has 0 N–H and O–H groups in total. The molecule has 2 aliphatic rings. The van der Waals surface area contributed by atoms with Gasteiger partial charge in [-0.3, -0.25) is 9.59 Å². The number of benzene rings is 1. The van der Waals surface area contributed by atoms with Crippen LogP contribution in [0.5, 0.6) is 11.5 Å². The summed E-state index contributed by atoms with van der Waals surface area (Å²) in [6, 6.07) is 3.48. The molecule has 94 valence electrons. The lowest BCUT2D eigenvalue weighted by Crippen LogP contribution is -2.28. The standard InChI is InChI=1S/C13H12O5/c1-16-13(15)11-7-3-5-10-12(18-6-17-10)8(7)2-4-9(11)14/h3,5,11H,2,4,6H2,1H3. The first-order valence-electron chi connectivity index (χ1n) is 5.74. The first-order valence-corrected chi connectivity index (χ1v) is 5.74. The molecular weight excluding hydrogens is 236 g/mol. The number of hydrogen-bond acceptors (Lipinski definition) is 5. The molecule has 0 bridgehead atoms. The lowest BCUT2D eigenvalue weighted by molar-refractivity contribution is -0.146. The van der Waals surface area contributed by atoms with Crippen LogP contribution in [0.2, 0.25) is 0 Å². The van der Waals surface area contributed by atoms with Crippen LogP contribution in [0.4, 0.5) is 0 Å². The number of hydrogen-bond donors (Lipinski definition) is 0. The second-order valence-corrected chi connectivity index (χ2v) is 4.29. The first kappa shape index (κ1) is 11.1. The smallest absolute Gasteiger partial charge is 0.320 e. The summed E-state index contributed by atoms with van der Waals surface area (Å²) in [6.07, 6.45) is 0.904. The van der Waals surface area contributed by atoms with Crippen molar-refractivity contribution in [3.05, 3.63) is 23.3 Å². The fourth-order valence-electron chi connectivity index (χ4n) is 2.52. The molecule has 1 heterocycles. The van der Waals surface area contributed by atoms with Gasteiger partial charge in [0.1, 0.15) is 5.92 Å². The zero-order chi connectivity index (χ0) is 12.7. The average molecular weight is 248 g/mol. The van der Waals surface area contributed by atoms with Crippen molar-refractivity contribution in [2.24, 2.45) is 0 Å². The van der Waals surface area contributed by atoms with E-state index in [4.69, 9.17) is 14.2 Å². The number of carbonyl (C=O) groups is 2. The van der Waals surface area contributed by atoms with Crippen LogP contribution in [0.1, 0.15) is 23.5 Å². The van der Waals surface area contributed by atoms with Gasteiger partial charge < -0.3 is 14.2 Å². The van der Waals surface area contributed by atoms with Crippen LogP contribution in [0.3, 0.4) is 0 Å². The molecule has 18 heavy (non-hydrogen) atoms. The molecule has 1 atom stereocenters. The minimum absolute atomic E-state index is 0.104. The number of fused-ring (bicyclic) bond motifs is 3. The Bertz CT molecular complexity index is 534. The number of rotatable bonds is 1. The summed E-state index contributed by atoms with van der Waals surface area (Å²) in [6.45, 7) is 0.183. The van der Waals surface area contributed by atoms with E-state index in [1.165, 1.54) is 7.11 Å². The van der Waals surface area contributed by atoms with Crippen molar-refractivity contribution < 1.29 is 23.8 Å². The van der Waals surface area contributed by atoms with E-state index in [2.05, 4.69) is 0 Å². The highest BCUT2D eigenvalue weighted by Crippen LogP contribution is 2.43. The second-order valence-electron chi connectivity index (χ2n) is 4.29. The molecule has 0 aromatic heterocycles. The zero-order valence-electron chi connectivity index (χ0n) is 9.89. The van der Waals surface area contributed by atoms with Crippen molar-refractivity contribution in [3.63, 3.8) is 0 Å². The third-order valence-corrected chi connectivity index (χ3v) is 3.37. The molecule has 1 aromatic rings. The largest absolute Gasteiger partial charge is 0.468 e. The SMILES string of the molecule is COC(=O)C1C(=O)CCc2c1ccc1c2OCO1. The van der Waals surface area contributed by atoms with E-state index in [0.29, 0.717) is 29.9 Å². The van der Waals surface area contributed by atoms with Crippen LogP contribution >= 0.6 is 0 Å². The van der Waals surface area contributed by atoms with E-state index in [1.54, 1.807) is 12.1 Å². The molecule has 1 aliphatic carbocycles. The summed E-state index contributed by atoms with van der Waals surface area (Å²) in [5.74, 6) is -0.109. The van der Waals surface area contributed by atoms with Crippen molar-refractivity contribution in [2.45, 2.75) is 18.8 Å². The van der Waals surface area contributed by atoms with Gasteiger partial charge >= 0.3 is 5.97 Å². The molecule has 0 saturated carbocycles. The minimum Gasteiger partial charge on any atom is -0.468 e. The Morgan fingerprint density at radius 1 is 1.33 bits per heavy atom. The molecule has 0 spiro atoms. The van der Waals surface area contributed by atoms with E-state index in [-0.39, 0.29) is 12.6 Å². The lowest BCUT2D eigenvalue weighted by atomic mass is 9.81. The van der Waals surface area contributed by atoms with Gasteiger partial charge in [-0.25, -0.2) is 0 Å². The predicted molar refractivity (Wildman–Crippen MR) is 60.7 cm³/mol. The van der Waals surface area contributed by atoms with E-state index in [0.717, 1.165) is 5.56 Å². The summed E-state index contributed by atoms with van der Waals surface area (Å²) in [5.41, 5.74) is 1.57. The quantitative estimate of drug-likeness (QED) is 0.551. The van der Waals surface area contributed by atoms with Gasteiger partial charge in [0.2, 0.25) is 6.79 Å². The molecule has 1 unspecified atom stereocenters.